The van der Waals surface area contributed by atoms with Crippen molar-refractivity contribution in [3.8, 4) is 5.75 Å². The van der Waals surface area contributed by atoms with E-state index >= 15 is 0 Å². The van der Waals surface area contributed by atoms with Gasteiger partial charge in [-0.15, -0.1) is 0 Å². The van der Waals surface area contributed by atoms with E-state index in [4.69, 9.17) is 0 Å². The number of quaternary nitrogens is 1. The second-order valence-electron chi connectivity index (χ2n) is 8.39. The molecule has 0 radical (unpaired) electrons. The fraction of sp³-hybridized carbons (Fsp3) is 0.455. The molecule has 2 aromatic rings. The molecule has 0 amide bonds. The third kappa shape index (κ3) is 4.18. The van der Waals surface area contributed by atoms with Crippen LogP contribution in [0.5, 0.6) is 5.75 Å². The van der Waals surface area contributed by atoms with Gasteiger partial charge in [-0.1, -0.05) is 48.0 Å². The first-order chi connectivity index (χ1) is 11.1. The van der Waals surface area contributed by atoms with E-state index in [0.29, 0.717) is 5.75 Å². The Hall–Kier alpha value is -1.80. The van der Waals surface area contributed by atoms with Crippen molar-refractivity contribution < 1.29 is 9.59 Å². The number of rotatable bonds is 5. The van der Waals surface area contributed by atoms with Crippen LogP contribution in [0.3, 0.4) is 0 Å². The van der Waals surface area contributed by atoms with Gasteiger partial charge in [-0.2, -0.15) is 0 Å². The summed E-state index contributed by atoms with van der Waals surface area (Å²) in [5.41, 5.74) is 3.69. The summed E-state index contributed by atoms with van der Waals surface area (Å²) >= 11 is 0. The van der Waals surface area contributed by atoms with Crippen LogP contribution in [0.4, 0.5) is 0 Å². The van der Waals surface area contributed by atoms with Crippen LogP contribution in [0, 0.1) is 6.92 Å². The Morgan fingerprint density at radius 1 is 1.00 bits per heavy atom. The van der Waals surface area contributed by atoms with Gasteiger partial charge >= 0.3 is 0 Å². The fourth-order valence-corrected chi connectivity index (χ4v) is 2.93. The third-order valence-electron chi connectivity index (χ3n) is 5.55. The minimum absolute atomic E-state index is 0.190. The SMILES string of the molecule is Cc1ccc(O)c(C(CC[N+](C)(C)C(C)(C)C)c2ccccc2)c1. The first-order valence-corrected chi connectivity index (χ1v) is 8.79. The molecule has 0 aliphatic carbocycles. The molecule has 2 heteroatoms. The highest BCUT2D eigenvalue weighted by atomic mass is 16.3. The molecule has 1 unspecified atom stereocenters. The number of phenols is 1. The highest BCUT2D eigenvalue weighted by Gasteiger charge is 2.32. The van der Waals surface area contributed by atoms with Crippen molar-refractivity contribution in [1.29, 1.82) is 0 Å². The molecule has 1 atom stereocenters. The normalized spacial score (nSPS) is 13.8. The average Bonchev–Trinajstić information content (AvgIpc) is 2.50. The maximum absolute atomic E-state index is 10.5. The van der Waals surface area contributed by atoms with Crippen LogP contribution in [0.15, 0.2) is 48.5 Å². The van der Waals surface area contributed by atoms with Gasteiger partial charge in [-0.25, -0.2) is 0 Å². The van der Waals surface area contributed by atoms with Crippen molar-refractivity contribution >= 4 is 0 Å². The molecule has 1 N–H and O–H groups in total. The molecular weight excluding hydrogens is 294 g/mol. The molecular formula is C22H32NO+. The van der Waals surface area contributed by atoms with Gasteiger partial charge in [0, 0.05) is 17.9 Å². The number of aromatic hydroxyl groups is 1. The predicted octanol–water partition coefficient (Wildman–Crippen LogP) is 5.10. The summed E-state index contributed by atoms with van der Waals surface area (Å²) in [5, 5.41) is 10.5. The Morgan fingerprint density at radius 3 is 2.21 bits per heavy atom. The van der Waals surface area contributed by atoms with E-state index in [1.807, 2.05) is 18.2 Å². The summed E-state index contributed by atoms with van der Waals surface area (Å²) in [5.74, 6) is 0.612. The quantitative estimate of drug-likeness (QED) is 0.758. The fourth-order valence-electron chi connectivity index (χ4n) is 2.93. The summed E-state index contributed by atoms with van der Waals surface area (Å²) in [6, 6.07) is 16.5. The smallest absolute Gasteiger partial charge is 0.119 e. The van der Waals surface area contributed by atoms with Crippen LogP contribution < -0.4 is 0 Å². The molecule has 0 bridgehead atoms. The molecule has 24 heavy (non-hydrogen) atoms. The molecule has 2 nitrogen and oxygen atoms in total. The highest BCUT2D eigenvalue weighted by Crippen LogP contribution is 2.35. The van der Waals surface area contributed by atoms with E-state index in [-0.39, 0.29) is 11.5 Å². The lowest BCUT2D eigenvalue weighted by Crippen LogP contribution is -2.54. The Labute approximate surface area is 147 Å². The van der Waals surface area contributed by atoms with E-state index in [1.54, 1.807) is 0 Å². The van der Waals surface area contributed by atoms with Gasteiger partial charge in [0.05, 0.1) is 26.2 Å². The molecule has 2 rings (SSSR count). The topological polar surface area (TPSA) is 20.2 Å². The lowest BCUT2D eigenvalue weighted by atomic mass is 9.86. The van der Waals surface area contributed by atoms with E-state index < -0.39 is 0 Å². The molecule has 2 aromatic carbocycles. The van der Waals surface area contributed by atoms with Crippen molar-refractivity contribution in [3.05, 3.63) is 65.2 Å². The zero-order chi connectivity index (χ0) is 18.0. The summed E-state index contributed by atoms with van der Waals surface area (Å²) in [6.45, 7) is 9.99. The summed E-state index contributed by atoms with van der Waals surface area (Å²) in [4.78, 5) is 0. The van der Waals surface area contributed by atoms with Crippen molar-refractivity contribution in [1.82, 2.24) is 0 Å². The maximum atomic E-state index is 10.5. The second kappa shape index (κ2) is 6.98. The summed E-state index contributed by atoms with van der Waals surface area (Å²) < 4.78 is 0.947. The molecule has 0 aliphatic rings. The molecule has 130 valence electrons. The second-order valence-corrected chi connectivity index (χ2v) is 8.39. The molecule has 0 fully saturated rings. The van der Waals surface area contributed by atoms with Gasteiger partial charge in [0.2, 0.25) is 0 Å². The zero-order valence-electron chi connectivity index (χ0n) is 16.0. The van der Waals surface area contributed by atoms with Crippen LogP contribution in [0.2, 0.25) is 0 Å². The van der Waals surface area contributed by atoms with Gasteiger partial charge in [-0.3, -0.25) is 0 Å². The van der Waals surface area contributed by atoms with E-state index in [1.165, 1.54) is 11.1 Å². The molecule has 0 saturated heterocycles. The Balaban J connectivity index is 2.37. The number of hydrogen-bond acceptors (Lipinski definition) is 1. The molecule has 0 aromatic heterocycles. The van der Waals surface area contributed by atoms with Crippen LogP contribution in [-0.4, -0.2) is 35.8 Å². The number of hydrogen-bond donors (Lipinski definition) is 1. The van der Waals surface area contributed by atoms with E-state index in [0.717, 1.165) is 23.0 Å². The van der Waals surface area contributed by atoms with E-state index in [2.05, 4.69) is 72.1 Å². The van der Waals surface area contributed by atoms with Gasteiger partial charge in [0.15, 0.2) is 0 Å². The lowest BCUT2D eigenvalue weighted by molar-refractivity contribution is -0.935. The van der Waals surface area contributed by atoms with Gasteiger partial charge in [0.25, 0.3) is 0 Å². The van der Waals surface area contributed by atoms with Crippen LogP contribution in [0.1, 0.15) is 49.8 Å². The average molecular weight is 327 g/mol. The van der Waals surface area contributed by atoms with Gasteiger partial charge in [0.1, 0.15) is 5.75 Å². The highest BCUT2D eigenvalue weighted by molar-refractivity contribution is 5.43. The number of nitrogens with zero attached hydrogens (tertiary/aromatic N) is 1. The lowest BCUT2D eigenvalue weighted by Gasteiger charge is -2.43. The largest absolute Gasteiger partial charge is 0.508 e. The predicted molar refractivity (Wildman–Crippen MR) is 102 cm³/mol. The van der Waals surface area contributed by atoms with Crippen LogP contribution in [0.25, 0.3) is 0 Å². The molecule has 0 saturated carbocycles. The maximum Gasteiger partial charge on any atom is 0.119 e. The number of benzene rings is 2. The molecule has 0 aliphatic heterocycles. The minimum Gasteiger partial charge on any atom is -0.508 e. The van der Waals surface area contributed by atoms with Gasteiger partial charge < -0.3 is 9.59 Å². The molecule has 0 heterocycles. The monoisotopic (exact) mass is 326 g/mol. The van der Waals surface area contributed by atoms with Crippen LogP contribution >= 0.6 is 0 Å². The zero-order valence-corrected chi connectivity index (χ0v) is 16.0. The first kappa shape index (κ1) is 18.5. The Kier molecular flexibility index (Phi) is 5.39. The first-order valence-electron chi connectivity index (χ1n) is 8.79. The van der Waals surface area contributed by atoms with Crippen molar-refractivity contribution in [3.63, 3.8) is 0 Å². The van der Waals surface area contributed by atoms with Crippen molar-refractivity contribution in [2.24, 2.45) is 0 Å². The Morgan fingerprint density at radius 2 is 1.62 bits per heavy atom. The Bertz CT molecular complexity index is 668. The summed E-state index contributed by atoms with van der Waals surface area (Å²) in [7, 11) is 4.58. The standard InChI is InChI=1S/C22H31NO/c1-17-12-13-21(24)20(16-17)19(18-10-8-7-9-11-18)14-15-23(5,6)22(2,3)4/h7-13,16,19H,14-15H2,1-6H3/p+1. The molecule has 0 spiro atoms. The number of aryl methyl sites for hydroxylation is 1. The third-order valence-corrected chi connectivity index (χ3v) is 5.55. The van der Waals surface area contributed by atoms with Crippen molar-refractivity contribution in [2.45, 2.75) is 45.6 Å². The van der Waals surface area contributed by atoms with E-state index in [9.17, 15) is 5.11 Å². The van der Waals surface area contributed by atoms with Crippen LogP contribution in [-0.2, 0) is 0 Å². The summed E-state index contributed by atoms with van der Waals surface area (Å²) in [6.07, 6.45) is 1.01. The van der Waals surface area contributed by atoms with Gasteiger partial charge in [-0.05, 0) is 39.3 Å². The number of phenolic OH excluding ortho intramolecular Hbond substituents is 1. The van der Waals surface area contributed by atoms with Crippen molar-refractivity contribution in [2.75, 3.05) is 20.6 Å². The minimum atomic E-state index is 0.190.